The maximum Gasteiger partial charge on any atom is 0.357 e. The van der Waals surface area contributed by atoms with Crippen LogP contribution in [0.15, 0.2) is 52.6 Å². The van der Waals surface area contributed by atoms with Crippen molar-refractivity contribution in [3.05, 3.63) is 86.9 Å². The monoisotopic (exact) mass is 558 g/mol. The van der Waals surface area contributed by atoms with Crippen LogP contribution in [0.1, 0.15) is 33.9 Å². The molecule has 5 rings (SSSR count). The Morgan fingerprint density at radius 2 is 1.97 bits per heavy atom. The van der Waals surface area contributed by atoms with Gasteiger partial charge in [-0.2, -0.15) is 0 Å². The van der Waals surface area contributed by atoms with Gasteiger partial charge in [0.1, 0.15) is 30.0 Å². The summed E-state index contributed by atoms with van der Waals surface area (Å²) in [5.74, 6) is -3.10. The molecule has 2 aromatic carbocycles. The standard InChI is InChI=1S/C25H20F2N4O7S/c1-36-23(34)15-11-39-24(28-15)30-21(32)16(8-12-6-13(26)9-14(27)7-12)31-22(33)20(29-25(31)35)19-10-37-17-4-2-3-5-18(17)38-19/h2-7,9,11,16,19,33H,8,10H2,1H3,(H,29,35)(H,28,30,32)/t16-,19-/m0/s1. The summed E-state index contributed by atoms with van der Waals surface area (Å²) >= 11 is 0.917. The fourth-order valence-electron chi connectivity index (χ4n) is 4.10. The molecule has 3 N–H and O–H groups in total. The average Bonchev–Trinajstić information content (AvgIpc) is 3.49. The van der Waals surface area contributed by atoms with E-state index >= 15 is 0 Å². The fraction of sp³-hybridized carbons (Fsp3) is 0.200. The van der Waals surface area contributed by atoms with Crippen molar-refractivity contribution >= 4 is 28.3 Å². The molecule has 202 valence electrons. The summed E-state index contributed by atoms with van der Waals surface area (Å²) in [5.41, 5.74) is -0.946. The molecule has 0 spiro atoms. The van der Waals surface area contributed by atoms with Gasteiger partial charge in [0.05, 0.1) is 7.11 Å². The number of esters is 1. The molecule has 0 radical (unpaired) electrons. The highest BCUT2D eigenvalue weighted by Crippen LogP contribution is 2.38. The predicted octanol–water partition coefficient (Wildman–Crippen LogP) is 3.34. The Bertz CT molecular complexity index is 1600. The SMILES string of the molecule is COC(=O)c1csc(NC(=O)[C@H](Cc2cc(F)cc(F)c2)n2c(O)c([C@@H]3COc4ccccc4O3)[nH]c2=O)n1. The number of fused-ring (bicyclic) bond motifs is 1. The second kappa shape index (κ2) is 10.6. The quantitative estimate of drug-likeness (QED) is 0.293. The number of hydrogen-bond acceptors (Lipinski definition) is 9. The van der Waals surface area contributed by atoms with Crippen molar-refractivity contribution in [2.45, 2.75) is 18.6 Å². The number of amides is 1. The van der Waals surface area contributed by atoms with E-state index in [4.69, 9.17) is 9.47 Å². The van der Waals surface area contributed by atoms with Crippen LogP contribution in [0.3, 0.4) is 0 Å². The number of carbonyl (C=O) groups excluding carboxylic acids is 2. The fourth-order valence-corrected chi connectivity index (χ4v) is 4.79. The lowest BCUT2D eigenvalue weighted by Crippen LogP contribution is -2.33. The molecule has 0 saturated carbocycles. The number of H-pyrrole nitrogens is 1. The van der Waals surface area contributed by atoms with Gasteiger partial charge in [-0.1, -0.05) is 12.1 Å². The van der Waals surface area contributed by atoms with Crippen molar-refractivity contribution in [2.75, 3.05) is 19.0 Å². The molecule has 39 heavy (non-hydrogen) atoms. The summed E-state index contributed by atoms with van der Waals surface area (Å²) in [5, 5.41) is 14.9. The van der Waals surface area contributed by atoms with Crippen LogP contribution in [-0.4, -0.2) is 45.2 Å². The molecule has 11 nitrogen and oxygen atoms in total. The number of aromatic amines is 1. The molecule has 0 saturated heterocycles. The second-order valence-electron chi connectivity index (χ2n) is 8.42. The molecule has 4 aromatic rings. The Kier molecular flexibility index (Phi) is 7.02. The lowest BCUT2D eigenvalue weighted by molar-refractivity contribution is -0.119. The van der Waals surface area contributed by atoms with E-state index in [1.807, 2.05) is 0 Å². The maximum absolute atomic E-state index is 13.9. The zero-order valence-corrected chi connectivity index (χ0v) is 21.0. The molecule has 1 amide bonds. The molecule has 0 bridgehead atoms. The van der Waals surface area contributed by atoms with Gasteiger partial charge < -0.3 is 29.6 Å². The van der Waals surface area contributed by atoms with E-state index in [2.05, 4.69) is 20.0 Å². The number of aromatic hydroxyl groups is 1. The number of para-hydroxylation sites is 2. The molecule has 1 aliphatic heterocycles. The summed E-state index contributed by atoms with van der Waals surface area (Å²) in [6.07, 6.45) is -1.31. The first kappa shape index (κ1) is 25.9. The molecule has 0 unspecified atom stereocenters. The molecule has 3 heterocycles. The van der Waals surface area contributed by atoms with Gasteiger partial charge in [0.25, 0.3) is 0 Å². The number of rotatable bonds is 7. The Balaban J connectivity index is 1.49. The number of imidazole rings is 1. The van der Waals surface area contributed by atoms with E-state index < -0.39 is 47.2 Å². The number of methoxy groups -OCH3 is 1. The minimum absolute atomic E-state index is 0.000239. The normalized spacial score (nSPS) is 15.0. The van der Waals surface area contributed by atoms with Crippen LogP contribution >= 0.6 is 11.3 Å². The van der Waals surface area contributed by atoms with E-state index in [1.54, 1.807) is 24.3 Å². The largest absolute Gasteiger partial charge is 0.493 e. The van der Waals surface area contributed by atoms with E-state index in [0.717, 1.165) is 28.0 Å². The first-order valence-electron chi connectivity index (χ1n) is 11.4. The first-order valence-corrected chi connectivity index (χ1v) is 12.3. The summed E-state index contributed by atoms with van der Waals surface area (Å²) < 4.78 is 44.7. The number of hydrogen-bond donors (Lipinski definition) is 3. The summed E-state index contributed by atoms with van der Waals surface area (Å²) in [4.78, 5) is 44.7. The van der Waals surface area contributed by atoms with Gasteiger partial charge in [-0.25, -0.2) is 27.9 Å². The van der Waals surface area contributed by atoms with Crippen molar-refractivity contribution in [3.63, 3.8) is 0 Å². The van der Waals surface area contributed by atoms with Crippen LogP contribution in [0, 0.1) is 11.6 Å². The van der Waals surface area contributed by atoms with Crippen LogP contribution in [0.5, 0.6) is 17.4 Å². The van der Waals surface area contributed by atoms with Gasteiger partial charge in [0.15, 0.2) is 28.4 Å². The third-order valence-corrected chi connectivity index (χ3v) is 6.61. The van der Waals surface area contributed by atoms with Gasteiger partial charge in [0.2, 0.25) is 11.8 Å². The Hall–Kier alpha value is -4.72. The molecule has 2 aromatic heterocycles. The van der Waals surface area contributed by atoms with Crippen molar-refractivity contribution in [2.24, 2.45) is 0 Å². The molecule has 2 atom stereocenters. The lowest BCUT2D eigenvalue weighted by atomic mass is 10.0. The number of ether oxygens (including phenoxy) is 3. The summed E-state index contributed by atoms with van der Waals surface area (Å²) in [7, 11) is 1.17. The third-order valence-electron chi connectivity index (χ3n) is 5.85. The summed E-state index contributed by atoms with van der Waals surface area (Å²) in [6.45, 7) is -0.0497. The lowest BCUT2D eigenvalue weighted by Gasteiger charge is -2.26. The van der Waals surface area contributed by atoms with Crippen LogP contribution in [0.2, 0.25) is 0 Å². The smallest absolute Gasteiger partial charge is 0.357 e. The van der Waals surface area contributed by atoms with Crippen molar-refractivity contribution in [3.8, 4) is 17.4 Å². The average molecular weight is 559 g/mol. The maximum atomic E-state index is 13.9. The van der Waals surface area contributed by atoms with Gasteiger partial charge in [-0.15, -0.1) is 11.3 Å². The van der Waals surface area contributed by atoms with Crippen molar-refractivity contribution < 1.29 is 37.7 Å². The van der Waals surface area contributed by atoms with Gasteiger partial charge in [-0.05, 0) is 29.8 Å². The number of nitrogens with one attached hydrogen (secondary N) is 2. The third kappa shape index (κ3) is 5.31. The van der Waals surface area contributed by atoms with Gasteiger partial charge >= 0.3 is 11.7 Å². The molecule has 0 aliphatic carbocycles. The van der Waals surface area contributed by atoms with Crippen molar-refractivity contribution in [1.29, 1.82) is 0 Å². The highest BCUT2D eigenvalue weighted by molar-refractivity contribution is 7.14. The number of thiazole rings is 1. The van der Waals surface area contributed by atoms with Crippen LogP contribution in [-0.2, 0) is 16.0 Å². The zero-order chi connectivity index (χ0) is 27.7. The number of halogens is 2. The zero-order valence-electron chi connectivity index (χ0n) is 20.1. The van der Waals surface area contributed by atoms with Gasteiger partial charge in [0, 0.05) is 17.9 Å². The second-order valence-corrected chi connectivity index (χ2v) is 9.28. The minimum Gasteiger partial charge on any atom is -0.493 e. The summed E-state index contributed by atoms with van der Waals surface area (Å²) in [6, 6.07) is 8.01. The molecular weight excluding hydrogens is 538 g/mol. The Labute approximate surface area is 222 Å². The number of carbonyl (C=O) groups is 2. The van der Waals surface area contributed by atoms with Crippen LogP contribution in [0.4, 0.5) is 13.9 Å². The van der Waals surface area contributed by atoms with Crippen molar-refractivity contribution in [1.82, 2.24) is 14.5 Å². The molecule has 1 aliphatic rings. The van der Waals surface area contributed by atoms with E-state index in [1.165, 1.54) is 12.5 Å². The van der Waals surface area contributed by atoms with Gasteiger partial charge in [-0.3, -0.25) is 4.79 Å². The van der Waals surface area contributed by atoms with Crippen LogP contribution in [0.25, 0.3) is 0 Å². The van der Waals surface area contributed by atoms with Crippen LogP contribution < -0.4 is 20.5 Å². The number of benzene rings is 2. The first-order chi connectivity index (χ1) is 18.7. The highest BCUT2D eigenvalue weighted by Gasteiger charge is 2.33. The molecular formula is C25H20F2N4O7S. The van der Waals surface area contributed by atoms with E-state index in [-0.39, 0.29) is 35.1 Å². The number of anilines is 1. The predicted molar refractivity (Wildman–Crippen MR) is 133 cm³/mol. The Morgan fingerprint density at radius 3 is 2.69 bits per heavy atom. The highest BCUT2D eigenvalue weighted by atomic mass is 32.1. The number of aromatic nitrogens is 3. The Morgan fingerprint density at radius 1 is 1.26 bits per heavy atom. The molecule has 0 fully saturated rings. The topological polar surface area (TPSA) is 145 Å². The minimum atomic E-state index is -1.49. The number of nitrogens with zero attached hydrogens (tertiary/aromatic N) is 2. The van der Waals surface area contributed by atoms with E-state index in [9.17, 15) is 28.3 Å². The van der Waals surface area contributed by atoms with E-state index in [0.29, 0.717) is 17.6 Å². The molecule has 14 heteroatoms.